The summed E-state index contributed by atoms with van der Waals surface area (Å²) >= 11 is 0. The average Bonchev–Trinajstić information content (AvgIpc) is 3.28. The molecule has 24 heavy (non-hydrogen) atoms. The lowest BCUT2D eigenvalue weighted by Gasteiger charge is -2.17. The number of para-hydroxylation sites is 2. The lowest BCUT2D eigenvalue weighted by molar-refractivity contribution is 0.344. The minimum atomic E-state index is -0.482. The lowest BCUT2D eigenvalue weighted by Crippen LogP contribution is -2.34. The van der Waals surface area contributed by atoms with Crippen LogP contribution in [0.4, 0.5) is 0 Å². The van der Waals surface area contributed by atoms with E-state index < -0.39 is 5.54 Å². The summed E-state index contributed by atoms with van der Waals surface area (Å²) in [7, 11) is 0. The monoisotopic (exact) mass is 327 g/mol. The molecule has 2 heterocycles. The summed E-state index contributed by atoms with van der Waals surface area (Å²) in [6, 6.07) is 7.73. The van der Waals surface area contributed by atoms with E-state index in [1.807, 2.05) is 31.2 Å². The molecule has 0 unspecified atom stereocenters. The molecule has 1 aliphatic carbocycles. The number of imidazole rings is 1. The van der Waals surface area contributed by atoms with E-state index in [4.69, 9.17) is 10.3 Å². The third kappa shape index (κ3) is 2.27. The zero-order valence-corrected chi connectivity index (χ0v) is 13.7. The van der Waals surface area contributed by atoms with Gasteiger partial charge in [0.05, 0.1) is 16.6 Å². The maximum Gasteiger partial charge on any atom is 0.329 e. The van der Waals surface area contributed by atoms with Gasteiger partial charge in [-0.2, -0.15) is 4.98 Å². The number of rotatable bonds is 4. The SMILES string of the molecule is CCn1c(=O)n(Cc2nc(C3(N)CCCC3)no2)c2ccccc21. The van der Waals surface area contributed by atoms with Gasteiger partial charge in [-0.05, 0) is 31.9 Å². The summed E-state index contributed by atoms with van der Waals surface area (Å²) in [4.78, 5) is 17.1. The molecule has 0 atom stereocenters. The molecule has 1 saturated carbocycles. The van der Waals surface area contributed by atoms with Crippen LogP contribution < -0.4 is 11.4 Å². The number of nitrogens with zero attached hydrogens (tertiary/aromatic N) is 4. The average molecular weight is 327 g/mol. The summed E-state index contributed by atoms with van der Waals surface area (Å²) in [6.07, 6.45) is 3.93. The first kappa shape index (κ1) is 15.1. The van der Waals surface area contributed by atoms with Gasteiger partial charge in [0.1, 0.15) is 6.54 Å². The molecule has 126 valence electrons. The Morgan fingerprint density at radius 3 is 2.54 bits per heavy atom. The molecule has 0 aliphatic heterocycles. The van der Waals surface area contributed by atoms with Crippen molar-refractivity contribution in [2.24, 2.45) is 5.73 Å². The summed E-state index contributed by atoms with van der Waals surface area (Å²) < 4.78 is 8.80. The van der Waals surface area contributed by atoms with Crippen molar-refractivity contribution in [1.29, 1.82) is 0 Å². The van der Waals surface area contributed by atoms with Crippen LogP contribution in [0.1, 0.15) is 44.3 Å². The van der Waals surface area contributed by atoms with E-state index in [1.165, 1.54) is 0 Å². The first-order valence-corrected chi connectivity index (χ1v) is 8.42. The van der Waals surface area contributed by atoms with E-state index in [-0.39, 0.29) is 12.2 Å². The van der Waals surface area contributed by atoms with Crippen LogP contribution in [0.3, 0.4) is 0 Å². The van der Waals surface area contributed by atoms with Crippen molar-refractivity contribution in [2.45, 2.75) is 51.2 Å². The smallest absolute Gasteiger partial charge is 0.329 e. The lowest BCUT2D eigenvalue weighted by atomic mass is 9.99. The first-order chi connectivity index (χ1) is 11.6. The van der Waals surface area contributed by atoms with Crippen LogP contribution in [0.5, 0.6) is 0 Å². The van der Waals surface area contributed by atoms with Crippen molar-refractivity contribution in [2.75, 3.05) is 0 Å². The molecule has 2 N–H and O–H groups in total. The molecule has 0 spiro atoms. The van der Waals surface area contributed by atoms with Gasteiger partial charge in [-0.1, -0.05) is 30.1 Å². The molecule has 0 saturated heterocycles. The van der Waals surface area contributed by atoms with Crippen LogP contribution in [0.15, 0.2) is 33.6 Å². The second-order valence-electron chi connectivity index (χ2n) is 6.48. The molecule has 4 rings (SSSR count). The van der Waals surface area contributed by atoms with Gasteiger partial charge in [-0.15, -0.1) is 0 Å². The highest BCUT2D eigenvalue weighted by Crippen LogP contribution is 2.34. The van der Waals surface area contributed by atoms with Crippen molar-refractivity contribution in [3.05, 3.63) is 46.5 Å². The van der Waals surface area contributed by atoms with Gasteiger partial charge in [-0.3, -0.25) is 9.13 Å². The summed E-state index contributed by atoms with van der Waals surface area (Å²) in [5, 5.41) is 4.07. The fourth-order valence-electron chi connectivity index (χ4n) is 3.62. The molecular formula is C17H21N5O2. The molecule has 0 amide bonds. The largest absolute Gasteiger partial charge is 0.337 e. The number of benzene rings is 1. The Labute approximate surface area is 139 Å². The normalized spacial score (nSPS) is 16.9. The van der Waals surface area contributed by atoms with Gasteiger partial charge >= 0.3 is 5.69 Å². The number of hydrogen-bond donors (Lipinski definition) is 1. The fourth-order valence-corrected chi connectivity index (χ4v) is 3.62. The Morgan fingerprint density at radius 1 is 1.21 bits per heavy atom. The molecule has 1 aromatic carbocycles. The zero-order chi connectivity index (χ0) is 16.7. The van der Waals surface area contributed by atoms with Crippen LogP contribution in [0.2, 0.25) is 0 Å². The highest BCUT2D eigenvalue weighted by Gasteiger charge is 2.36. The van der Waals surface area contributed by atoms with Gasteiger partial charge in [0.2, 0.25) is 5.89 Å². The topological polar surface area (TPSA) is 91.9 Å². The predicted octanol–water partition coefficient (Wildman–Crippen LogP) is 1.98. The van der Waals surface area contributed by atoms with Crippen molar-refractivity contribution in [3.63, 3.8) is 0 Å². The Kier molecular flexibility index (Phi) is 3.53. The molecule has 7 nitrogen and oxygen atoms in total. The Hall–Kier alpha value is -2.41. The van der Waals surface area contributed by atoms with Gasteiger partial charge in [0, 0.05) is 6.54 Å². The third-order valence-electron chi connectivity index (χ3n) is 4.94. The molecule has 1 aliphatic rings. The van der Waals surface area contributed by atoms with Gasteiger partial charge in [-0.25, -0.2) is 4.79 Å². The van der Waals surface area contributed by atoms with Crippen molar-refractivity contribution >= 4 is 11.0 Å². The van der Waals surface area contributed by atoms with E-state index in [0.29, 0.717) is 18.3 Å². The van der Waals surface area contributed by atoms with Crippen LogP contribution in [0.25, 0.3) is 11.0 Å². The first-order valence-electron chi connectivity index (χ1n) is 8.42. The van der Waals surface area contributed by atoms with Crippen LogP contribution in [-0.2, 0) is 18.6 Å². The van der Waals surface area contributed by atoms with Crippen LogP contribution in [0, 0.1) is 0 Å². The summed E-state index contributed by atoms with van der Waals surface area (Å²) in [6.45, 7) is 2.84. The van der Waals surface area contributed by atoms with E-state index in [0.717, 1.165) is 36.7 Å². The Balaban J connectivity index is 1.72. The number of aryl methyl sites for hydroxylation is 1. The molecule has 7 heteroatoms. The standard InChI is InChI=1S/C17H21N5O2/c1-2-21-12-7-3-4-8-13(12)22(16(21)23)11-14-19-15(20-24-14)17(18)9-5-6-10-17/h3-4,7-8H,2,5-6,9-11,18H2,1H3. The van der Waals surface area contributed by atoms with E-state index >= 15 is 0 Å². The number of nitrogens with two attached hydrogens (primary N) is 1. The van der Waals surface area contributed by atoms with Crippen molar-refractivity contribution in [3.8, 4) is 0 Å². The maximum absolute atomic E-state index is 12.7. The zero-order valence-electron chi connectivity index (χ0n) is 13.7. The van der Waals surface area contributed by atoms with Gasteiger partial charge in [0.15, 0.2) is 5.82 Å². The van der Waals surface area contributed by atoms with Gasteiger partial charge in [0.25, 0.3) is 0 Å². The van der Waals surface area contributed by atoms with Gasteiger partial charge < -0.3 is 10.3 Å². The van der Waals surface area contributed by atoms with E-state index in [9.17, 15) is 4.79 Å². The van der Waals surface area contributed by atoms with Crippen LogP contribution >= 0.6 is 0 Å². The quantitative estimate of drug-likeness (QED) is 0.791. The number of fused-ring (bicyclic) bond motifs is 1. The highest BCUT2D eigenvalue weighted by atomic mass is 16.5. The minimum Gasteiger partial charge on any atom is -0.337 e. The highest BCUT2D eigenvalue weighted by molar-refractivity contribution is 5.76. The Bertz CT molecular complexity index is 930. The molecule has 1 fully saturated rings. The number of aromatic nitrogens is 4. The molecule has 0 radical (unpaired) electrons. The molecule has 2 aromatic heterocycles. The second kappa shape index (κ2) is 5.59. The second-order valence-corrected chi connectivity index (χ2v) is 6.48. The minimum absolute atomic E-state index is 0.0678. The van der Waals surface area contributed by atoms with E-state index in [1.54, 1.807) is 9.13 Å². The third-order valence-corrected chi connectivity index (χ3v) is 4.94. The van der Waals surface area contributed by atoms with E-state index in [2.05, 4.69) is 10.1 Å². The maximum atomic E-state index is 12.7. The van der Waals surface area contributed by atoms with Crippen LogP contribution in [-0.4, -0.2) is 19.3 Å². The van der Waals surface area contributed by atoms with Crippen molar-refractivity contribution in [1.82, 2.24) is 19.3 Å². The molecular weight excluding hydrogens is 306 g/mol. The Morgan fingerprint density at radius 2 is 1.88 bits per heavy atom. The van der Waals surface area contributed by atoms with Crippen molar-refractivity contribution < 1.29 is 4.52 Å². The molecule has 0 bridgehead atoms. The predicted molar refractivity (Wildman–Crippen MR) is 89.6 cm³/mol. The number of hydrogen-bond acceptors (Lipinski definition) is 5. The fraction of sp³-hybridized carbons (Fsp3) is 0.471. The summed E-state index contributed by atoms with van der Waals surface area (Å²) in [5.74, 6) is 0.977. The summed E-state index contributed by atoms with van der Waals surface area (Å²) in [5.41, 5.74) is 7.61. The molecule has 3 aromatic rings.